The van der Waals surface area contributed by atoms with Gasteiger partial charge in [0.25, 0.3) is 0 Å². The fourth-order valence-corrected chi connectivity index (χ4v) is 3.56. The number of rotatable bonds is 9. The van der Waals surface area contributed by atoms with E-state index in [1.165, 1.54) is 0 Å². The summed E-state index contributed by atoms with van der Waals surface area (Å²) >= 11 is 0. The summed E-state index contributed by atoms with van der Waals surface area (Å²) in [6.45, 7) is 0.375. The number of ether oxygens (including phenoxy) is 2. The number of methoxy groups -OCH3 is 1. The smallest absolute Gasteiger partial charge is 0.141 e. The summed E-state index contributed by atoms with van der Waals surface area (Å²) in [5.41, 5.74) is 11.0. The van der Waals surface area contributed by atoms with Crippen molar-refractivity contribution in [2.24, 2.45) is 5.73 Å². The molecule has 0 amide bonds. The molecule has 1 atom stereocenters. The van der Waals surface area contributed by atoms with Crippen LogP contribution >= 0.6 is 0 Å². The molecule has 0 saturated carbocycles. The molecular weight excluding hydrogens is 395 g/mol. The molecule has 0 aliphatic carbocycles. The summed E-state index contributed by atoms with van der Waals surface area (Å²) < 4.78 is 30.1. The van der Waals surface area contributed by atoms with Crippen molar-refractivity contribution in [1.82, 2.24) is 4.98 Å². The van der Waals surface area contributed by atoms with Crippen molar-refractivity contribution in [1.29, 1.82) is 0 Å². The third-order valence-electron chi connectivity index (χ3n) is 5.19. The van der Waals surface area contributed by atoms with Crippen molar-refractivity contribution in [2.75, 3.05) is 20.4 Å². The maximum atomic E-state index is 13.0. The van der Waals surface area contributed by atoms with Crippen LogP contribution in [0, 0.1) is 0 Å². The zero-order valence-corrected chi connectivity index (χ0v) is 17.4. The number of benzene rings is 2. The first-order valence-electron chi connectivity index (χ1n) is 10.2. The number of fused-ring (bicyclic) bond motifs is 1. The normalized spacial score (nSPS) is 12.2. The maximum Gasteiger partial charge on any atom is 0.141 e. The van der Waals surface area contributed by atoms with E-state index in [2.05, 4.69) is 11.1 Å². The number of hydrogen-bond acceptors (Lipinski definition) is 5. The summed E-state index contributed by atoms with van der Waals surface area (Å²) in [6, 6.07) is 16.9. The summed E-state index contributed by atoms with van der Waals surface area (Å²) in [4.78, 5) is 4.21. The van der Waals surface area contributed by atoms with Gasteiger partial charge in [-0.25, -0.2) is 4.39 Å². The predicted octanol–water partition coefficient (Wildman–Crippen LogP) is 5.23. The largest absolute Gasteiger partial charge is 0.489 e. The van der Waals surface area contributed by atoms with Crippen LogP contribution in [0.4, 0.5) is 4.39 Å². The fourth-order valence-electron chi connectivity index (χ4n) is 3.56. The SMILES string of the molecule is COCCc1ccccc1OCc1cc(-c2ccnc(C(N)CF)c2)c2occc2c1. The average Bonchev–Trinajstić information content (AvgIpc) is 3.29. The Labute approximate surface area is 180 Å². The van der Waals surface area contributed by atoms with Gasteiger partial charge >= 0.3 is 0 Å². The molecule has 6 heteroatoms. The van der Waals surface area contributed by atoms with E-state index in [1.807, 2.05) is 48.5 Å². The second-order valence-corrected chi connectivity index (χ2v) is 7.35. The zero-order valence-electron chi connectivity index (χ0n) is 17.4. The average molecular weight is 420 g/mol. The first kappa shape index (κ1) is 21.0. The second-order valence-electron chi connectivity index (χ2n) is 7.35. The Morgan fingerprint density at radius 3 is 2.84 bits per heavy atom. The second kappa shape index (κ2) is 9.73. The molecule has 0 bridgehead atoms. The maximum absolute atomic E-state index is 13.0. The molecule has 0 spiro atoms. The number of nitrogens with two attached hydrogens (primary N) is 1. The van der Waals surface area contributed by atoms with Crippen LogP contribution in [0.25, 0.3) is 22.1 Å². The molecule has 0 saturated heterocycles. The monoisotopic (exact) mass is 420 g/mol. The lowest BCUT2D eigenvalue weighted by atomic mass is 10.00. The summed E-state index contributed by atoms with van der Waals surface area (Å²) in [5.74, 6) is 0.841. The standard InChI is InChI=1S/C25H25FN2O3/c1-29-10-7-18-4-2-3-5-24(18)31-16-17-12-20-8-11-30-25(20)21(13-17)19-6-9-28-23(14-19)22(27)15-26/h2-6,8-9,11-14,22H,7,10,15-16,27H2,1H3. The molecule has 0 aliphatic heterocycles. The Balaban J connectivity index is 1.64. The Kier molecular flexibility index (Phi) is 6.60. The van der Waals surface area contributed by atoms with Gasteiger partial charge < -0.3 is 19.6 Å². The number of furan rings is 1. The molecule has 0 radical (unpaired) electrons. The van der Waals surface area contributed by atoms with Gasteiger partial charge in [0.15, 0.2) is 0 Å². The molecule has 1 unspecified atom stereocenters. The first-order chi connectivity index (χ1) is 15.2. The Morgan fingerprint density at radius 1 is 1.13 bits per heavy atom. The molecule has 4 aromatic rings. The quantitative estimate of drug-likeness (QED) is 0.401. The summed E-state index contributed by atoms with van der Waals surface area (Å²) in [7, 11) is 1.69. The third-order valence-corrected chi connectivity index (χ3v) is 5.19. The van der Waals surface area contributed by atoms with Crippen molar-refractivity contribution in [2.45, 2.75) is 19.1 Å². The van der Waals surface area contributed by atoms with E-state index in [1.54, 1.807) is 19.6 Å². The van der Waals surface area contributed by atoms with Crippen LogP contribution in [0.3, 0.4) is 0 Å². The van der Waals surface area contributed by atoms with Crippen molar-refractivity contribution in [3.8, 4) is 16.9 Å². The van der Waals surface area contributed by atoms with Gasteiger partial charge in [0.1, 0.15) is 24.6 Å². The molecule has 2 aromatic carbocycles. The Morgan fingerprint density at radius 2 is 2.00 bits per heavy atom. The molecule has 31 heavy (non-hydrogen) atoms. The van der Waals surface area contributed by atoms with Crippen molar-refractivity contribution >= 4 is 11.0 Å². The highest BCUT2D eigenvalue weighted by Gasteiger charge is 2.14. The van der Waals surface area contributed by atoms with E-state index in [0.717, 1.165) is 45.4 Å². The lowest BCUT2D eigenvalue weighted by Crippen LogP contribution is -2.13. The van der Waals surface area contributed by atoms with Crippen LogP contribution < -0.4 is 10.5 Å². The number of hydrogen-bond donors (Lipinski definition) is 1. The van der Waals surface area contributed by atoms with Crippen LogP contribution in [0.1, 0.15) is 22.9 Å². The summed E-state index contributed by atoms with van der Waals surface area (Å²) in [5, 5.41) is 0.969. The van der Waals surface area contributed by atoms with E-state index in [9.17, 15) is 4.39 Å². The van der Waals surface area contributed by atoms with Gasteiger partial charge in [-0.1, -0.05) is 18.2 Å². The predicted molar refractivity (Wildman–Crippen MR) is 119 cm³/mol. The van der Waals surface area contributed by atoms with E-state index in [4.69, 9.17) is 19.6 Å². The summed E-state index contributed by atoms with van der Waals surface area (Å²) in [6.07, 6.45) is 4.09. The Bertz CT molecular complexity index is 1160. The Hall–Kier alpha value is -3.22. The molecule has 2 heterocycles. The number of aromatic nitrogens is 1. The third kappa shape index (κ3) is 4.76. The molecule has 0 fully saturated rings. The van der Waals surface area contributed by atoms with Gasteiger partial charge in [-0.05, 0) is 59.5 Å². The topological polar surface area (TPSA) is 70.5 Å². The highest BCUT2D eigenvalue weighted by atomic mass is 19.1. The van der Waals surface area contributed by atoms with Gasteiger partial charge in [-0.2, -0.15) is 0 Å². The molecule has 0 aliphatic rings. The van der Waals surface area contributed by atoms with Crippen LogP contribution in [-0.2, 0) is 17.8 Å². The van der Waals surface area contributed by atoms with Gasteiger partial charge in [0, 0.05) is 24.3 Å². The van der Waals surface area contributed by atoms with Gasteiger partial charge in [0.2, 0.25) is 0 Å². The minimum atomic E-state index is -0.748. The van der Waals surface area contributed by atoms with Crippen LogP contribution in [0.15, 0.2) is 71.5 Å². The lowest BCUT2D eigenvalue weighted by molar-refractivity contribution is 0.200. The highest BCUT2D eigenvalue weighted by molar-refractivity contribution is 5.93. The van der Waals surface area contributed by atoms with Gasteiger partial charge in [-0.3, -0.25) is 4.98 Å². The molecule has 2 N–H and O–H groups in total. The molecule has 2 aromatic heterocycles. The van der Waals surface area contributed by atoms with Crippen molar-refractivity contribution < 1.29 is 18.3 Å². The molecule has 5 nitrogen and oxygen atoms in total. The van der Waals surface area contributed by atoms with Crippen LogP contribution in [0.2, 0.25) is 0 Å². The lowest BCUT2D eigenvalue weighted by Gasteiger charge is -2.13. The minimum absolute atomic E-state index is 0.403. The van der Waals surface area contributed by atoms with Crippen LogP contribution in [-0.4, -0.2) is 25.4 Å². The van der Waals surface area contributed by atoms with E-state index in [-0.39, 0.29) is 0 Å². The number of alkyl halides is 1. The van der Waals surface area contributed by atoms with Gasteiger partial charge in [-0.15, -0.1) is 0 Å². The number of pyridine rings is 1. The van der Waals surface area contributed by atoms with E-state index in [0.29, 0.717) is 18.9 Å². The van der Waals surface area contributed by atoms with Crippen molar-refractivity contribution in [3.63, 3.8) is 0 Å². The minimum Gasteiger partial charge on any atom is -0.489 e. The zero-order chi connectivity index (χ0) is 21.6. The first-order valence-corrected chi connectivity index (χ1v) is 10.2. The number of para-hydroxylation sites is 1. The van der Waals surface area contributed by atoms with E-state index >= 15 is 0 Å². The fraction of sp³-hybridized carbons (Fsp3) is 0.240. The number of nitrogens with zero attached hydrogens (tertiary/aromatic N) is 1. The molecule has 4 rings (SSSR count). The number of halogens is 1. The molecule has 160 valence electrons. The van der Waals surface area contributed by atoms with Crippen molar-refractivity contribution in [3.05, 3.63) is 83.9 Å². The van der Waals surface area contributed by atoms with E-state index < -0.39 is 12.7 Å². The van der Waals surface area contributed by atoms with Crippen LogP contribution in [0.5, 0.6) is 5.75 Å². The highest BCUT2D eigenvalue weighted by Crippen LogP contribution is 2.32. The van der Waals surface area contributed by atoms with Gasteiger partial charge in [0.05, 0.1) is 24.6 Å². The molecular formula is C25H25FN2O3.